The van der Waals surface area contributed by atoms with Crippen molar-refractivity contribution in [1.82, 2.24) is 5.32 Å². The third-order valence-electron chi connectivity index (χ3n) is 4.16. The van der Waals surface area contributed by atoms with Gasteiger partial charge in [-0.05, 0) is 44.2 Å². The van der Waals surface area contributed by atoms with Gasteiger partial charge in [0.05, 0.1) is 6.04 Å². The minimum Gasteiger partial charge on any atom is -0.349 e. The molecule has 3 N–H and O–H groups in total. The van der Waals surface area contributed by atoms with Crippen LogP contribution >= 0.6 is 0 Å². The molecule has 1 rings (SSSR count). The smallest absolute Gasteiger partial charge is 0.220 e. The Morgan fingerprint density at radius 1 is 1.14 bits per heavy atom. The average molecular weight is 290 g/mol. The maximum absolute atomic E-state index is 12.1. The van der Waals surface area contributed by atoms with Crippen LogP contribution in [0.4, 0.5) is 0 Å². The highest BCUT2D eigenvalue weighted by Gasteiger charge is 2.14. The van der Waals surface area contributed by atoms with E-state index in [9.17, 15) is 4.79 Å². The van der Waals surface area contributed by atoms with Gasteiger partial charge in [-0.15, -0.1) is 0 Å². The van der Waals surface area contributed by atoms with E-state index >= 15 is 0 Å². The van der Waals surface area contributed by atoms with Crippen molar-refractivity contribution in [2.75, 3.05) is 6.54 Å². The Morgan fingerprint density at radius 3 is 2.33 bits per heavy atom. The van der Waals surface area contributed by atoms with E-state index in [4.69, 9.17) is 5.73 Å². The van der Waals surface area contributed by atoms with E-state index in [1.54, 1.807) is 0 Å². The van der Waals surface area contributed by atoms with Crippen molar-refractivity contribution >= 4 is 5.91 Å². The van der Waals surface area contributed by atoms with Gasteiger partial charge in [0.25, 0.3) is 0 Å². The molecule has 0 saturated carbocycles. The second-order valence-corrected chi connectivity index (χ2v) is 5.83. The van der Waals surface area contributed by atoms with Gasteiger partial charge in [0, 0.05) is 6.42 Å². The Balaban J connectivity index is 2.49. The van der Waals surface area contributed by atoms with Gasteiger partial charge < -0.3 is 11.1 Å². The van der Waals surface area contributed by atoms with E-state index in [1.807, 2.05) is 0 Å². The van der Waals surface area contributed by atoms with Gasteiger partial charge >= 0.3 is 0 Å². The number of carbonyl (C=O) groups excluding carboxylic acids is 1. The fourth-order valence-electron chi connectivity index (χ4n) is 2.61. The number of amides is 1. The molecule has 0 bridgehead atoms. The quantitative estimate of drug-likeness (QED) is 0.728. The Bertz CT molecular complexity index is 414. The summed E-state index contributed by atoms with van der Waals surface area (Å²) in [5, 5.41) is 3.15. The summed E-state index contributed by atoms with van der Waals surface area (Å²) in [4.78, 5) is 12.1. The van der Waals surface area contributed by atoms with Crippen molar-refractivity contribution in [1.29, 1.82) is 0 Å². The molecule has 0 heterocycles. The van der Waals surface area contributed by atoms with Crippen LogP contribution in [0.25, 0.3) is 0 Å². The molecule has 2 atom stereocenters. The summed E-state index contributed by atoms with van der Waals surface area (Å²) in [7, 11) is 0. The second kappa shape index (κ2) is 9.56. The van der Waals surface area contributed by atoms with Crippen molar-refractivity contribution in [3.05, 3.63) is 35.4 Å². The van der Waals surface area contributed by atoms with Crippen LogP contribution in [-0.2, 0) is 4.79 Å². The molecule has 0 saturated heterocycles. The number of carbonyl (C=O) groups is 1. The van der Waals surface area contributed by atoms with Crippen molar-refractivity contribution in [2.24, 2.45) is 11.7 Å². The molecule has 21 heavy (non-hydrogen) atoms. The molecule has 1 aromatic carbocycles. The van der Waals surface area contributed by atoms with E-state index in [0.717, 1.165) is 25.7 Å². The summed E-state index contributed by atoms with van der Waals surface area (Å²) in [5.74, 6) is 0.720. The van der Waals surface area contributed by atoms with Gasteiger partial charge in [-0.2, -0.15) is 0 Å². The molecule has 0 aliphatic carbocycles. The van der Waals surface area contributed by atoms with E-state index in [0.29, 0.717) is 18.9 Å². The van der Waals surface area contributed by atoms with Crippen LogP contribution in [-0.4, -0.2) is 12.5 Å². The fraction of sp³-hybridized carbons (Fsp3) is 0.611. The molecule has 0 radical (unpaired) electrons. The van der Waals surface area contributed by atoms with Gasteiger partial charge in [0.15, 0.2) is 0 Å². The van der Waals surface area contributed by atoms with Crippen LogP contribution in [0.3, 0.4) is 0 Å². The second-order valence-electron chi connectivity index (χ2n) is 5.83. The Hall–Kier alpha value is -1.35. The van der Waals surface area contributed by atoms with E-state index in [-0.39, 0.29) is 11.9 Å². The average Bonchev–Trinajstić information content (AvgIpc) is 2.50. The van der Waals surface area contributed by atoms with Crippen LogP contribution < -0.4 is 11.1 Å². The first-order valence-corrected chi connectivity index (χ1v) is 8.16. The van der Waals surface area contributed by atoms with Crippen LogP contribution in [0.5, 0.6) is 0 Å². The minimum atomic E-state index is 0.118. The summed E-state index contributed by atoms with van der Waals surface area (Å²) in [6, 6.07) is 8.52. The third kappa shape index (κ3) is 6.30. The lowest BCUT2D eigenvalue weighted by Gasteiger charge is -2.19. The molecule has 3 heteroatoms. The Kier molecular flexibility index (Phi) is 8.06. The van der Waals surface area contributed by atoms with Crippen molar-refractivity contribution in [3.63, 3.8) is 0 Å². The lowest BCUT2D eigenvalue weighted by molar-refractivity contribution is -0.122. The zero-order valence-corrected chi connectivity index (χ0v) is 13.7. The highest BCUT2D eigenvalue weighted by molar-refractivity contribution is 5.76. The topological polar surface area (TPSA) is 55.1 Å². The number of hydrogen-bond donors (Lipinski definition) is 2. The monoisotopic (exact) mass is 290 g/mol. The fourth-order valence-corrected chi connectivity index (χ4v) is 2.61. The molecule has 0 aliphatic rings. The highest BCUT2D eigenvalue weighted by Crippen LogP contribution is 2.19. The third-order valence-corrected chi connectivity index (χ3v) is 4.16. The lowest BCUT2D eigenvalue weighted by Crippen LogP contribution is -2.28. The predicted molar refractivity (Wildman–Crippen MR) is 89.0 cm³/mol. The van der Waals surface area contributed by atoms with Gasteiger partial charge in [0.1, 0.15) is 0 Å². The Labute approximate surface area is 129 Å². The normalized spacial score (nSPS) is 13.7. The van der Waals surface area contributed by atoms with Crippen LogP contribution in [0.1, 0.15) is 63.1 Å². The zero-order valence-electron chi connectivity index (χ0n) is 13.7. The molecule has 118 valence electrons. The van der Waals surface area contributed by atoms with Crippen LogP contribution in [0.2, 0.25) is 0 Å². The standard InChI is InChI=1S/C18H30N2O/c1-4-15(12-13-19)8-11-18(21)20-17(5-2)16-9-6-14(3)7-10-16/h6-7,9-10,15,17H,4-5,8,11-13,19H2,1-3H3,(H,20,21). The molecule has 1 amide bonds. The number of rotatable bonds is 9. The molecule has 0 fully saturated rings. The maximum atomic E-state index is 12.1. The number of nitrogens with one attached hydrogen (secondary N) is 1. The van der Waals surface area contributed by atoms with E-state index in [1.165, 1.54) is 11.1 Å². The van der Waals surface area contributed by atoms with Crippen molar-refractivity contribution < 1.29 is 4.79 Å². The summed E-state index contributed by atoms with van der Waals surface area (Å²) in [6.07, 6.45) is 4.55. The summed E-state index contributed by atoms with van der Waals surface area (Å²) < 4.78 is 0. The molecule has 3 nitrogen and oxygen atoms in total. The van der Waals surface area contributed by atoms with E-state index in [2.05, 4.69) is 50.4 Å². The van der Waals surface area contributed by atoms with Crippen LogP contribution in [0, 0.1) is 12.8 Å². The van der Waals surface area contributed by atoms with E-state index < -0.39 is 0 Å². The number of aryl methyl sites for hydroxylation is 1. The highest BCUT2D eigenvalue weighted by atomic mass is 16.1. The summed E-state index contributed by atoms with van der Waals surface area (Å²) >= 11 is 0. The minimum absolute atomic E-state index is 0.118. The molecular weight excluding hydrogens is 260 g/mol. The number of nitrogens with two attached hydrogens (primary N) is 1. The first-order valence-electron chi connectivity index (χ1n) is 8.16. The SMILES string of the molecule is CCC(CCN)CCC(=O)NC(CC)c1ccc(C)cc1. The van der Waals surface area contributed by atoms with Gasteiger partial charge in [0.2, 0.25) is 5.91 Å². The number of hydrogen-bond acceptors (Lipinski definition) is 2. The predicted octanol–water partition coefficient (Wildman–Crippen LogP) is 3.72. The summed E-state index contributed by atoms with van der Waals surface area (Å²) in [6.45, 7) is 7.06. The van der Waals surface area contributed by atoms with Crippen molar-refractivity contribution in [3.8, 4) is 0 Å². The largest absolute Gasteiger partial charge is 0.349 e. The molecule has 0 aromatic heterocycles. The molecule has 0 spiro atoms. The first-order chi connectivity index (χ1) is 10.1. The lowest BCUT2D eigenvalue weighted by atomic mass is 9.96. The molecule has 1 aromatic rings. The van der Waals surface area contributed by atoms with Gasteiger partial charge in [-0.3, -0.25) is 4.79 Å². The van der Waals surface area contributed by atoms with Crippen LogP contribution in [0.15, 0.2) is 24.3 Å². The number of benzene rings is 1. The zero-order chi connectivity index (χ0) is 15.7. The maximum Gasteiger partial charge on any atom is 0.220 e. The molecular formula is C18H30N2O. The first kappa shape index (κ1) is 17.7. The molecule has 2 unspecified atom stereocenters. The van der Waals surface area contributed by atoms with Crippen molar-refractivity contribution in [2.45, 2.75) is 58.9 Å². The van der Waals surface area contributed by atoms with Gasteiger partial charge in [-0.1, -0.05) is 50.1 Å². The summed E-state index contributed by atoms with van der Waals surface area (Å²) in [5.41, 5.74) is 8.03. The molecule has 0 aliphatic heterocycles. The Morgan fingerprint density at radius 2 is 1.81 bits per heavy atom. The van der Waals surface area contributed by atoms with Gasteiger partial charge in [-0.25, -0.2) is 0 Å².